The van der Waals surface area contributed by atoms with Gasteiger partial charge in [0.2, 0.25) is 0 Å². The normalized spacial score (nSPS) is 14.0. The first-order valence-corrected chi connectivity index (χ1v) is 9.63. The molecule has 1 saturated heterocycles. The molecule has 2 aromatic carbocycles. The fourth-order valence-electron chi connectivity index (χ4n) is 3.16. The van der Waals surface area contributed by atoms with E-state index in [2.05, 4.69) is 16.7 Å². The van der Waals surface area contributed by atoms with Crippen LogP contribution >= 0.6 is 0 Å². The topological polar surface area (TPSA) is 94.5 Å². The summed E-state index contributed by atoms with van der Waals surface area (Å²) in [6.07, 6.45) is 1.76. The van der Waals surface area contributed by atoms with Gasteiger partial charge in [0.05, 0.1) is 12.5 Å². The average Bonchev–Trinajstić information content (AvgIpc) is 2.75. The van der Waals surface area contributed by atoms with Crippen LogP contribution in [-0.4, -0.2) is 42.6 Å². The number of hydrogen-bond donors (Lipinski definition) is 2. The Bertz CT molecular complexity index is 854. The number of anilines is 1. The third-order valence-corrected chi connectivity index (χ3v) is 4.75. The molecule has 0 aliphatic carbocycles. The molecule has 2 N–H and O–H groups in total. The van der Waals surface area contributed by atoms with Gasteiger partial charge in [-0.2, -0.15) is 5.26 Å². The molecule has 150 valence electrons. The lowest BCUT2D eigenvalue weighted by Crippen LogP contribution is -2.48. The number of benzene rings is 2. The molecule has 3 rings (SSSR count). The van der Waals surface area contributed by atoms with E-state index in [1.807, 2.05) is 42.5 Å². The van der Waals surface area contributed by atoms with E-state index < -0.39 is 0 Å². The molecule has 1 heterocycles. The maximum atomic E-state index is 12.3. The highest BCUT2D eigenvalue weighted by atomic mass is 16.5. The van der Waals surface area contributed by atoms with Gasteiger partial charge in [-0.1, -0.05) is 30.3 Å². The Labute approximate surface area is 170 Å². The largest absolute Gasteiger partial charge is 0.484 e. The fraction of sp³-hybridized carbons (Fsp3) is 0.318. The zero-order valence-electron chi connectivity index (χ0n) is 16.1. The van der Waals surface area contributed by atoms with E-state index >= 15 is 0 Å². The van der Waals surface area contributed by atoms with Crippen molar-refractivity contribution in [2.75, 3.05) is 25.0 Å². The number of hydrogen-bond acceptors (Lipinski definition) is 4. The third kappa shape index (κ3) is 6.25. The van der Waals surface area contributed by atoms with Gasteiger partial charge in [-0.05, 0) is 42.7 Å². The van der Waals surface area contributed by atoms with Crippen molar-refractivity contribution in [3.63, 3.8) is 0 Å². The lowest BCUT2D eigenvalue weighted by atomic mass is 10.1. The van der Waals surface area contributed by atoms with Crippen molar-refractivity contribution in [1.82, 2.24) is 10.2 Å². The molecule has 0 radical (unpaired) electrons. The molecular formula is C22H24N4O3. The third-order valence-electron chi connectivity index (χ3n) is 4.75. The van der Waals surface area contributed by atoms with Gasteiger partial charge >= 0.3 is 6.03 Å². The number of carbonyl (C=O) groups excluding carboxylic acids is 2. The van der Waals surface area contributed by atoms with Crippen LogP contribution in [0.5, 0.6) is 5.75 Å². The molecule has 1 aliphatic heterocycles. The first kappa shape index (κ1) is 20.2. The summed E-state index contributed by atoms with van der Waals surface area (Å²) in [5, 5.41) is 14.5. The molecule has 0 atom stereocenters. The average molecular weight is 392 g/mol. The first-order chi connectivity index (χ1) is 14.1. The molecule has 7 heteroatoms. The SMILES string of the molecule is N#CCc1ccc(OCC(=O)NC2CCN(C(=O)Nc3ccccc3)CC2)cc1. The smallest absolute Gasteiger partial charge is 0.321 e. The van der Waals surface area contributed by atoms with Gasteiger partial charge in [-0.3, -0.25) is 4.79 Å². The van der Waals surface area contributed by atoms with Crippen molar-refractivity contribution in [3.8, 4) is 11.8 Å². The van der Waals surface area contributed by atoms with Crippen LogP contribution in [0.4, 0.5) is 10.5 Å². The van der Waals surface area contributed by atoms with Crippen molar-refractivity contribution < 1.29 is 14.3 Å². The Balaban J connectivity index is 1.37. The molecule has 2 aromatic rings. The van der Waals surface area contributed by atoms with Gasteiger partial charge < -0.3 is 20.3 Å². The monoisotopic (exact) mass is 392 g/mol. The van der Waals surface area contributed by atoms with Crippen LogP contribution in [0.2, 0.25) is 0 Å². The summed E-state index contributed by atoms with van der Waals surface area (Å²) in [6.45, 7) is 1.11. The van der Waals surface area contributed by atoms with Crippen molar-refractivity contribution >= 4 is 17.6 Å². The van der Waals surface area contributed by atoms with E-state index in [0.29, 0.717) is 38.1 Å². The van der Waals surface area contributed by atoms with E-state index in [0.717, 1.165) is 11.3 Å². The van der Waals surface area contributed by atoms with Gasteiger partial charge in [0.15, 0.2) is 6.61 Å². The lowest BCUT2D eigenvalue weighted by molar-refractivity contribution is -0.124. The van der Waals surface area contributed by atoms with Gasteiger partial charge in [-0.15, -0.1) is 0 Å². The van der Waals surface area contributed by atoms with Gasteiger partial charge in [0.25, 0.3) is 5.91 Å². The van der Waals surface area contributed by atoms with Gasteiger partial charge in [-0.25, -0.2) is 4.79 Å². The zero-order valence-corrected chi connectivity index (χ0v) is 16.1. The number of para-hydroxylation sites is 1. The molecule has 7 nitrogen and oxygen atoms in total. The van der Waals surface area contributed by atoms with Crippen LogP contribution in [0.15, 0.2) is 54.6 Å². The van der Waals surface area contributed by atoms with Gasteiger partial charge in [0.1, 0.15) is 5.75 Å². The molecule has 1 fully saturated rings. The molecule has 1 aliphatic rings. The Morgan fingerprint density at radius 3 is 2.41 bits per heavy atom. The Morgan fingerprint density at radius 2 is 1.76 bits per heavy atom. The van der Waals surface area contributed by atoms with Crippen LogP contribution in [0, 0.1) is 11.3 Å². The van der Waals surface area contributed by atoms with E-state index in [4.69, 9.17) is 10.00 Å². The van der Waals surface area contributed by atoms with E-state index in [1.165, 1.54) is 0 Å². The lowest BCUT2D eigenvalue weighted by Gasteiger charge is -2.32. The summed E-state index contributed by atoms with van der Waals surface area (Å²) < 4.78 is 5.50. The number of nitrogens with zero attached hydrogens (tertiary/aromatic N) is 2. The Kier molecular flexibility index (Phi) is 7.06. The first-order valence-electron chi connectivity index (χ1n) is 9.63. The van der Waals surface area contributed by atoms with Crippen molar-refractivity contribution in [3.05, 3.63) is 60.2 Å². The highest BCUT2D eigenvalue weighted by molar-refractivity contribution is 5.89. The van der Waals surface area contributed by atoms with Crippen molar-refractivity contribution in [2.24, 2.45) is 0 Å². The standard InChI is InChI=1S/C22H24N4O3/c23-13-10-17-6-8-20(9-7-17)29-16-21(27)24-19-11-14-26(15-12-19)22(28)25-18-4-2-1-3-5-18/h1-9,19H,10-12,14-16H2,(H,24,27)(H,25,28). The quantitative estimate of drug-likeness (QED) is 0.790. The number of nitriles is 1. The number of piperidine rings is 1. The second-order valence-electron chi connectivity index (χ2n) is 6.89. The molecule has 0 aromatic heterocycles. The summed E-state index contributed by atoms with van der Waals surface area (Å²) in [7, 11) is 0. The second-order valence-corrected chi connectivity index (χ2v) is 6.89. The molecule has 29 heavy (non-hydrogen) atoms. The van der Waals surface area contributed by atoms with Gasteiger partial charge in [0, 0.05) is 24.8 Å². The highest BCUT2D eigenvalue weighted by Crippen LogP contribution is 2.14. The summed E-state index contributed by atoms with van der Waals surface area (Å²) in [5.74, 6) is 0.410. The maximum Gasteiger partial charge on any atom is 0.321 e. The van der Waals surface area contributed by atoms with E-state index in [9.17, 15) is 9.59 Å². The number of nitrogens with one attached hydrogen (secondary N) is 2. The summed E-state index contributed by atoms with van der Waals surface area (Å²) in [6, 6.07) is 18.5. The number of likely N-dealkylation sites (tertiary alicyclic amines) is 1. The number of carbonyl (C=O) groups is 2. The molecule has 3 amide bonds. The minimum atomic E-state index is -0.182. The van der Waals surface area contributed by atoms with Crippen LogP contribution < -0.4 is 15.4 Å². The molecule has 0 saturated carbocycles. The Hall–Kier alpha value is -3.53. The van der Waals surface area contributed by atoms with Crippen molar-refractivity contribution in [2.45, 2.75) is 25.3 Å². The summed E-state index contributed by atoms with van der Waals surface area (Å²) >= 11 is 0. The number of ether oxygens (including phenoxy) is 1. The predicted molar refractivity (Wildman–Crippen MR) is 109 cm³/mol. The molecule has 0 spiro atoms. The minimum absolute atomic E-state index is 0.0323. The molecule has 0 bridgehead atoms. The van der Waals surface area contributed by atoms with Crippen molar-refractivity contribution in [1.29, 1.82) is 5.26 Å². The van der Waals surface area contributed by atoms with Crippen LogP contribution in [-0.2, 0) is 11.2 Å². The summed E-state index contributed by atoms with van der Waals surface area (Å²) in [4.78, 5) is 26.2. The highest BCUT2D eigenvalue weighted by Gasteiger charge is 2.24. The molecule has 0 unspecified atom stereocenters. The number of amides is 3. The number of urea groups is 1. The van der Waals surface area contributed by atoms with E-state index in [1.54, 1.807) is 17.0 Å². The van der Waals surface area contributed by atoms with Crippen LogP contribution in [0.25, 0.3) is 0 Å². The second kappa shape index (κ2) is 10.1. The van der Waals surface area contributed by atoms with Crippen LogP contribution in [0.1, 0.15) is 18.4 Å². The van der Waals surface area contributed by atoms with Crippen LogP contribution in [0.3, 0.4) is 0 Å². The maximum absolute atomic E-state index is 12.3. The number of rotatable bonds is 6. The minimum Gasteiger partial charge on any atom is -0.484 e. The zero-order chi connectivity index (χ0) is 20.5. The predicted octanol–water partition coefficient (Wildman–Crippen LogP) is 2.94. The Morgan fingerprint density at radius 1 is 1.07 bits per heavy atom. The van der Waals surface area contributed by atoms with E-state index in [-0.39, 0.29) is 24.6 Å². The summed E-state index contributed by atoms with van der Waals surface area (Å²) in [5.41, 5.74) is 1.68. The molecular weight excluding hydrogens is 368 g/mol. The fourth-order valence-corrected chi connectivity index (χ4v) is 3.16.